The molecule has 1 N–H and O–H groups in total. The van der Waals surface area contributed by atoms with Crippen LogP contribution in [-0.4, -0.2) is 46.7 Å². The number of hydrogen-bond acceptors (Lipinski definition) is 3. The summed E-state index contributed by atoms with van der Waals surface area (Å²) in [6, 6.07) is 0. The first-order valence-electron chi connectivity index (χ1n) is 7.91. The molecular formula is C16H27NO4. The summed E-state index contributed by atoms with van der Waals surface area (Å²) in [5.74, 6) is -0.820. The topological polar surface area (TPSA) is 66.8 Å². The van der Waals surface area contributed by atoms with Crippen LogP contribution in [0.4, 0.5) is 0 Å². The van der Waals surface area contributed by atoms with Gasteiger partial charge in [0.2, 0.25) is 5.91 Å². The van der Waals surface area contributed by atoms with E-state index in [0.29, 0.717) is 25.9 Å². The first-order chi connectivity index (χ1) is 9.72. The van der Waals surface area contributed by atoms with E-state index >= 15 is 0 Å². The van der Waals surface area contributed by atoms with Crippen molar-refractivity contribution in [2.45, 2.75) is 71.0 Å². The van der Waals surface area contributed by atoms with Crippen LogP contribution in [0.25, 0.3) is 0 Å². The van der Waals surface area contributed by atoms with Crippen LogP contribution < -0.4 is 0 Å². The molecule has 1 saturated heterocycles. The number of rotatable bonds is 4. The molecule has 1 heterocycles. The standard InChI is InChI=1S/C16H27NO4/c1-15(2,3)21-12-5-9-17(10-6-12)13(18)11-16(14(19)20)7-4-8-16/h12H,4-11H2,1-3H3,(H,19,20). The van der Waals surface area contributed by atoms with Crippen LogP contribution in [0.2, 0.25) is 0 Å². The van der Waals surface area contributed by atoms with Gasteiger partial charge in [0, 0.05) is 19.5 Å². The van der Waals surface area contributed by atoms with E-state index < -0.39 is 11.4 Å². The van der Waals surface area contributed by atoms with E-state index in [4.69, 9.17) is 4.74 Å². The minimum absolute atomic E-state index is 0.00805. The maximum atomic E-state index is 12.3. The molecule has 0 spiro atoms. The molecule has 2 rings (SSSR count). The van der Waals surface area contributed by atoms with Gasteiger partial charge in [-0.3, -0.25) is 9.59 Å². The Labute approximate surface area is 126 Å². The zero-order chi connectivity index (χ0) is 15.7. The number of amides is 1. The lowest BCUT2D eigenvalue weighted by atomic mass is 9.66. The zero-order valence-corrected chi connectivity index (χ0v) is 13.4. The van der Waals surface area contributed by atoms with Crippen molar-refractivity contribution in [1.82, 2.24) is 4.90 Å². The molecule has 5 nitrogen and oxygen atoms in total. The van der Waals surface area contributed by atoms with Gasteiger partial charge < -0.3 is 14.7 Å². The summed E-state index contributed by atoms with van der Waals surface area (Å²) in [6.07, 6.45) is 4.22. The highest BCUT2D eigenvalue weighted by Crippen LogP contribution is 2.44. The molecule has 1 amide bonds. The highest BCUT2D eigenvalue weighted by molar-refractivity contribution is 5.85. The lowest BCUT2D eigenvalue weighted by Gasteiger charge is -2.40. The Morgan fingerprint density at radius 2 is 1.81 bits per heavy atom. The van der Waals surface area contributed by atoms with E-state index in [1.54, 1.807) is 0 Å². The summed E-state index contributed by atoms with van der Waals surface area (Å²) < 4.78 is 5.95. The van der Waals surface area contributed by atoms with Gasteiger partial charge in [-0.2, -0.15) is 0 Å². The van der Waals surface area contributed by atoms with E-state index in [2.05, 4.69) is 0 Å². The fourth-order valence-electron chi connectivity index (χ4n) is 3.19. The summed E-state index contributed by atoms with van der Waals surface area (Å²) in [7, 11) is 0. The predicted octanol–water partition coefficient (Wildman–Crippen LogP) is 2.44. The van der Waals surface area contributed by atoms with Gasteiger partial charge in [0.1, 0.15) is 0 Å². The normalized spacial score (nSPS) is 22.7. The highest BCUT2D eigenvalue weighted by Gasteiger charge is 2.46. The smallest absolute Gasteiger partial charge is 0.310 e. The van der Waals surface area contributed by atoms with Crippen molar-refractivity contribution in [3.05, 3.63) is 0 Å². The minimum atomic E-state index is -0.812. The average molecular weight is 297 g/mol. The quantitative estimate of drug-likeness (QED) is 0.865. The van der Waals surface area contributed by atoms with Crippen LogP contribution in [0, 0.1) is 5.41 Å². The second-order valence-corrected chi connectivity index (χ2v) is 7.43. The summed E-state index contributed by atoms with van der Waals surface area (Å²) in [5, 5.41) is 9.31. The van der Waals surface area contributed by atoms with Crippen molar-refractivity contribution in [3.8, 4) is 0 Å². The highest BCUT2D eigenvalue weighted by atomic mass is 16.5. The second-order valence-electron chi connectivity index (χ2n) is 7.43. The number of carboxylic acid groups (broad SMARTS) is 1. The first-order valence-corrected chi connectivity index (χ1v) is 7.91. The number of ether oxygens (including phenoxy) is 1. The monoisotopic (exact) mass is 297 g/mol. The van der Waals surface area contributed by atoms with Gasteiger partial charge in [-0.05, 0) is 46.5 Å². The molecular weight excluding hydrogens is 270 g/mol. The molecule has 1 aliphatic carbocycles. The fraction of sp³-hybridized carbons (Fsp3) is 0.875. The van der Waals surface area contributed by atoms with Crippen molar-refractivity contribution < 1.29 is 19.4 Å². The second kappa shape index (κ2) is 5.95. The average Bonchev–Trinajstić information content (AvgIpc) is 2.32. The summed E-state index contributed by atoms with van der Waals surface area (Å²) in [5.41, 5.74) is -0.939. The van der Waals surface area contributed by atoms with Crippen LogP contribution in [0.15, 0.2) is 0 Å². The van der Waals surface area contributed by atoms with E-state index in [-0.39, 0.29) is 24.0 Å². The van der Waals surface area contributed by atoms with Crippen LogP contribution in [0.1, 0.15) is 59.3 Å². The van der Waals surface area contributed by atoms with Crippen LogP contribution in [0.5, 0.6) is 0 Å². The van der Waals surface area contributed by atoms with E-state index in [0.717, 1.165) is 19.3 Å². The fourth-order valence-corrected chi connectivity index (χ4v) is 3.19. The van der Waals surface area contributed by atoms with Crippen molar-refractivity contribution in [1.29, 1.82) is 0 Å². The number of likely N-dealkylation sites (tertiary alicyclic amines) is 1. The lowest BCUT2D eigenvalue weighted by molar-refractivity contribution is -0.160. The Bertz CT molecular complexity index is 401. The Morgan fingerprint density at radius 1 is 1.24 bits per heavy atom. The minimum Gasteiger partial charge on any atom is -0.481 e. The third-order valence-electron chi connectivity index (χ3n) is 4.57. The number of nitrogens with zero attached hydrogens (tertiary/aromatic N) is 1. The molecule has 0 aromatic heterocycles. The number of carboxylic acids is 1. The third-order valence-corrected chi connectivity index (χ3v) is 4.57. The van der Waals surface area contributed by atoms with Gasteiger partial charge in [0.05, 0.1) is 17.1 Å². The molecule has 1 saturated carbocycles. The predicted molar refractivity (Wildman–Crippen MR) is 79.0 cm³/mol. The van der Waals surface area contributed by atoms with Gasteiger partial charge in [0.15, 0.2) is 0 Å². The lowest BCUT2D eigenvalue weighted by Crippen LogP contribution is -2.47. The maximum Gasteiger partial charge on any atom is 0.310 e. The van der Waals surface area contributed by atoms with Crippen LogP contribution >= 0.6 is 0 Å². The third kappa shape index (κ3) is 3.96. The summed E-state index contributed by atoms with van der Waals surface area (Å²) >= 11 is 0. The molecule has 0 aromatic carbocycles. The molecule has 1 aliphatic heterocycles. The summed E-state index contributed by atoms with van der Waals surface area (Å²) in [4.78, 5) is 25.5. The van der Waals surface area contributed by atoms with Crippen molar-refractivity contribution in [3.63, 3.8) is 0 Å². The number of piperidine rings is 1. The maximum absolute atomic E-state index is 12.3. The van der Waals surface area contributed by atoms with Gasteiger partial charge in [-0.1, -0.05) is 6.42 Å². The van der Waals surface area contributed by atoms with E-state index in [1.165, 1.54) is 0 Å². The zero-order valence-electron chi connectivity index (χ0n) is 13.4. The molecule has 2 aliphatic rings. The van der Waals surface area contributed by atoms with Crippen LogP contribution in [0.3, 0.4) is 0 Å². The molecule has 0 radical (unpaired) electrons. The van der Waals surface area contributed by atoms with Crippen LogP contribution in [-0.2, 0) is 14.3 Å². The van der Waals surface area contributed by atoms with Crippen molar-refractivity contribution >= 4 is 11.9 Å². The van der Waals surface area contributed by atoms with E-state index in [9.17, 15) is 14.7 Å². The Hall–Kier alpha value is -1.10. The number of hydrogen-bond donors (Lipinski definition) is 1. The number of carbonyl (C=O) groups is 2. The first kappa shape index (κ1) is 16.3. The molecule has 2 fully saturated rings. The molecule has 0 unspecified atom stereocenters. The van der Waals surface area contributed by atoms with E-state index in [1.807, 2.05) is 25.7 Å². The largest absolute Gasteiger partial charge is 0.481 e. The Morgan fingerprint density at radius 3 is 2.19 bits per heavy atom. The SMILES string of the molecule is CC(C)(C)OC1CCN(C(=O)CC2(C(=O)O)CCC2)CC1. The van der Waals surface area contributed by atoms with Gasteiger partial charge in [-0.25, -0.2) is 0 Å². The van der Waals surface area contributed by atoms with Crippen molar-refractivity contribution in [2.75, 3.05) is 13.1 Å². The molecule has 0 bridgehead atoms. The van der Waals surface area contributed by atoms with Gasteiger partial charge in [-0.15, -0.1) is 0 Å². The van der Waals surface area contributed by atoms with Crippen molar-refractivity contribution in [2.24, 2.45) is 5.41 Å². The Balaban J connectivity index is 1.82. The Kier molecular flexibility index (Phi) is 4.61. The molecule has 21 heavy (non-hydrogen) atoms. The molecule has 0 atom stereocenters. The molecule has 120 valence electrons. The molecule has 5 heteroatoms. The number of carbonyl (C=O) groups excluding carboxylic acids is 1. The summed E-state index contributed by atoms with van der Waals surface area (Å²) in [6.45, 7) is 7.47. The van der Waals surface area contributed by atoms with Gasteiger partial charge >= 0.3 is 5.97 Å². The molecule has 0 aromatic rings. The van der Waals surface area contributed by atoms with Gasteiger partial charge in [0.25, 0.3) is 0 Å². The number of aliphatic carboxylic acids is 1.